The second kappa shape index (κ2) is 49.3. The first-order chi connectivity index (χ1) is 29.5. The van der Waals surface area contributed by atoms with Crippen LogP contribution in [-0.2, 0) is 28.6 Å². The molecule has 0 aromatic carbocycles. The van der Waals surface area contributed by atoms with E-state index in [0.29, 0.717) is 19.3 Å². The van der Waals surface area contributed by atoms with Crippen LogP contribution in [0, 0.1) is 0 Å². The van der Waals surface area contributed by atoms with Gasteiger partial charge in [0.1, 0.15) is 13.2 Å². The number of allylic oxidation sites excluding steroid dienone is 6. The summed E-state index contributed by atoms with van der Waals surface area (Å²) in [5.74, 6) is -0.964. The summed E-state index contributed by atoms with van der Waals surface area (Å²) >= 11 is 0. The highest BCUT2D eigenvalue weighted by atomic mass is 16.6. The minimum absolute atomic E-state index is 0.0945. The Balaban J connectivity index is 4.38. The molecule has 6 heteroatoms. The van der Waals surface area contributed by atoms with Crippen molar-refractivity contribution in [2.24, 2.45) is 0 Å². The first-order valence-electron chi connectivity index (χ1n) is 26.0. The van der Waals surface area contributed by atoms with Gasteiger partial charge in [-0.1, -0.05) is 224 Å². The molecule has 0 bridgehead atoms. The van der Waals surface area contributed by atoms with Gasteiger partial charge in [0.05, 0.1) is 0 Å². The SMILES string of the molecule is CCCCCCCC/C=C\C/C=C\CCC(=O)OC(COC(=O)CCCCCCC/C=C\CCCCCCCCCCC)COC(=O)CCCCCCCCCCCCC. The lowest BCUT2D eigenvalue weighted by atomic mass is 10.1. The molecule has 0 radical (unpaired) electrons. The quantitative estimate of drug-likeness (QED) is 0.0263. The van der Waals surface area contributed by atoms with Crippen molar-refractivity contribution in [1.82, 2.24) is 0 Å². The van der Waals surface area contributed by atoms with Crippen molar-refractivity contribution in [2.45, 2.75) is 277 Å². The van der Waals surface area contributed by atoms with Crippen LogP contribution in [0.4, 0.5) is 0 Å². The highest BCUT2D eigenvalue weighted by Gasteiger charge is 2.19. The monoisotopic (exact) mass is 843 g/mol. The lowest BCUT2D eigenvalue weighted by Gasteiger charge is -2.18. The van der Waals surface area contributed by atoms with E-state index in [-0.39, 0.29) is 37.5 Å². The van der Waals surface area contributed by atoms with Crippen molar-refractivity contribution in [3.63, 3.8) is 0 Å². The molecule has 6 nitrogen and oxygen atoms in total. The van der Waals surface area contributed by atoms with Gasteiger partial charge in [0, 0.05) is 19.3 Å². The Morgan fingerprint density at radius 1 is 0.333 bits per heavy atom. The Hall–Kier alpha value is -2.37. The Morgan fingerprint density at radius 2 is 0.633 bits per heavy atom. The average molecular weight is 843 g/mol. The highest BCUT2D eigenvalue weighted by Crippen LogP contribution is 2.15. The van der Waals surface area contributed by atoms with E-state index in [9.17, 15) is 14.4 Å². The van der Waals surface area contributed by atoms with E-state index < -0.39 is 6.10 Å². The number of carbonyl (C=O) groups excluding carboxylic acids is 3. The van der Waals surface area contributed by atoms with Crippen molar-refractivity contribution < 1.29 is 28.6 Å². The Kier molecular flexibility index (Phi) is 47.3. The summed E-state index contributed by atoms with van der Waals surface area (Å²) in [4.78, 5) is 37.9. The van der Waals surface area contributed by atoms with Gasteiger partial charge < -0.3 is 14.2 Å². The average Bonchev–Trinajstić information content (AvgIpc) is 3.24. The van der Waals surface area contributed by atoms with Gasteiger partial charge in [-0.25, -0.2) is 0 Å². The van der Waals surface area contributed by atoms with Crippen LogP contribution in [0.1, 0.15) is 271 Å². The molecular formula is C54H98O6. The van der Waals surface area contributed by atoms with Crippen molar-refractivity contribution in [3.8, 4) is 0 Å². The third kappa shape index (κ3) is 46.7. The minimum Gasteiger partial charge on any atom is -0.462 e. The molecular weight excluding hydrogens is 745 g/mol. The molecule has 0 aliphatic carbocycles. The Labute approximate surface area is 372 Å². The third-order valence-corrected chi connectivity index (χ3v) is 11.4. The van der Waals surface area contributed by atoms with Gasteiger partial charge in [0.15, 0.2) is 6.10 Å². The number of ether oxygens (including phenoxy) is 3. The van der Waals surface area contributed by atoms with Crippen LogP contribution in [0.15, 0.2) is 36.5 Å². The van der Waals surface area contributed by atoms with Gasteiger partial charge in [-0.15, -0.1) is 0 Å². The molecule has 0 rings (SSSR count). The number of esters is 3. The summed E-state index contributed by atoms with van der Waals surface area (Å²) in [6.45, 7) is 6.58. The van der Waals surface area contributed by atoms with Crippen LogP contribution in [-0.4, -0.2) is 37.2 Å². The fourth-order valence-electron chi connectivity index (χ4n) is 7.43. The van der Waals surface area contributed by atoms with E-state index in [4.69, 9.17) is 14.2 Å². The minimum atomic E-state index is -0.801. The third-order valence-electron chi connectivity index (χ3n) is 11.4. The summed E-state index contributed by atoms with van der Waals surface area (Å²) in [6, 6.07) is 0. The molecule has 0 fully saturated rings. The molecule has 0 amide bonds. The van der Waals surface area contributed by atoms with E-state index >= 15 is 0 Å². The zero-order valence-corrected chi connectivity index (χ0v) is 40.0. The molecule has 0 aliphatic rings. The second-order valence-electron chi connectivity index (χ2n) is 17.4. The van der Waals surface area contributed by atoms with Crippen LogP contribution in [0.25, 0.3) is 0 Å². The molecule has 0 aliphatic heterocycles. The fraction of sp³-hybridized carbons (Fsp3) is 0.833. The molecule has 0 heterocycles. The largest absolute Gasteiger partial charge is 0.462 e. The second-order valence-corrected chi connectivity index (χ2v) is 17.4. The maximum atomic E-state index is 12.7. The number of carbonyl (C=O) groups is 3. The van der Waals surface area contributed by atoms with Crippen LogP contribution in [0.2, 0.25) is 0 Å². The predicted molar refractivity (Wildman–Crippen MR) is 256 cm³/mol. The zero-order valence-electron chi connectivity index (χ0n) is 40.0. The first kappa shape index (κ1) is 57.6. The van der Waals surface area contributed by atoms with Crippen LogP contribution in [0.5, 0.6) is 0 Å². The molecule has 0 aromatic heterocycles. The summed E-state index contributed by atoms with van der Waals surface area (Å²) in [5, 5.41) is 0. The summed E-state index contributed by atoms with van der Waals surface area (Å²) in [6.07, 6.45) is 57.1. The topological polar surface area (TPSA) is 78.9 Å². The zero-order chi connectivity index (χ0) is 43.7. The first-order valence-corrected chi connectivity index (χ1v) is 26.0. The smallest absolute Gasteiger partial charge is 0.306 e. The van der Waals surface area contributed by atoms with Gasteiger partial charge in [-0.3, -0.25) is 14.4 Å². The number of hydrogen-bond acceptors (Lipinski definition) is 6. The number of unbranched alkanes of at least 4 members (excludes halogenated alkanes) is 30. The van der Waals surface area contributed by atoms with Gasteiger partial charge in [0.2, 0.25) is 0 Å². The molecule has 60 heavy (non-hydrogen) atoms. The lowest BCUT2D eigenvalue weighted by molar-refractivity contribution is -0.166. The van der Waals surface area contributed by atoms with Crippen LogP contribution in [0.3, 0.4) is 0 Å². The summed E-state index contributed by atoms with van der Waals surface area (Å²) in [7, 11) is 0. The van der Waals surface area contributed by atoms with Crippen LogP contribution >= 0.6 is 0 Å². The highest BCUT2D eigenvalue weighted by molar-refractivity contribution is 5.71. The van der Waals surface area contributed by atoms with Crippen molar-refractivity contribution in [3.05, 3.63) is 36.5 Å². The lowest BCUT2D eigenvalue weighted by Crippen LogP contribution is -2.30. The molecule has 0 saturated carbocycles. The molecule has 0 saturated heterocycles. The molecule has 0 N–H and O–H groups in total. The molecule has 0 aromatic rings. The van der Waals surface area contributed by atoms with Crippen molar-refractivity contribution in [2.75, 3.05) is 13.2 Å². The number of hydrogen-bond donors (Lipinski definition) is 0. The maximum Gasteiger partial charge on any atom is 0.306 e. The van der Waals surface area contributed by atoms with E-state index in [1.54, 1.807) is 0 Å². The van der Waals surface area contributed by atoms with E-state index in [1.165, 1.54) is 167 Å². The van der Waals surface area contributed by atoms with E-state index in [0.717, 1.165) is 57.8 Å². The molecule has 350 valence electrons. The van der Waals surface area contributed by atoms with Gasteiger partial charge in [-0.05, 0) is 64.2 Å². The van der Waals surface area contributed by atoms with Crippen molar-refractivity contribution >= 4 is 17.9 Å². The summed E-state index contributed by atoms with van der Waals surface area (Å²) in [5.41, 5.74) is 0. The Bertz CT molecular complexity index is 1020. The molecule has 0 spiro atoms. The van der Waals surface area contributed by atoms with E-state index in [1.807, 2.05) is 6.08 Å². The van der Waals surface area contributed by atoms with Crippen molar-refractivity contribution in [1.29, 1.82) is 0 Å². The number of rotatable bonds is 47. The maximum absolute atomic E-state index is 12.7. The summed E-state index contributed by atoms with van der Waals surface area (Å²) < 4.78 is 16.7. The van der Waals surface area contributed by atoms with Gasteiger partial charge in [0.25, 0.3) is 0 Å². The van der Waals surface area contributed by atoms with Gasteiger partial charge >= 0.3 is 17.9 Å². The standard InChI is InChI=1S/C54H98O6/c1-4-7-10-13-16-19-22-24-25-26-27-28-30-32-35-38-41-44-47-53(56)59-50-51(49-58-52(55)46-43-40-37-34-31-21-18-15-12-9-6-3)60-54(57)48-45-42-39-36-33-29-23-20-17-14-11-8-5-2/h27-29,33,39,42,51H,4-26,30-32,34-38,40-41,43-50H2,1-3H3/b28-27-,33-29-,42-39-. The van der Waals surface area contributed by atoms with E-state index in [2.05, 4.69) is 51.2 Å². The van der Waals surface area contributed by atoms with Crippen LogP contribution < -0.4 is 0 Å². The molecule has 1 atom stereocenters. The van der Waals surface area contributed by atoms with Gasteiger partial charge in [-0.2, -0.15) is 0 Å². The molecule has 1 unspecified atom stereocenters. The fourth-order valence-corrected chi connectivity index (χ4v) is 7.43. The normalized spacial score (nSPS) is 12.2. The predicted octanol–water partition coefficient (Wildman–Crippen LogP) is 16.9. The Morgan fingerprint density at radius 3 is 1.00 bits per heavy atom.